The highest BCUT2D eigenvalue weighted by Gasteiger charge is 2.44. The van der Waals surface area contributed by atoms with Crippen LogP contribution in [0.3, 0.4) is 0 Å². The van der Waals surface area contributed by atoms with E-state index in [1.807, 2.05) is 6.20 Å². The van der Waals surface area contributed by atoms with E-state index in [1.54, 1.807) is 0 Å². The summed E-state index contributed by atoms with van der Waals surface area (Å²) in [6, 6.07) is 0. The molecule has 22 heavy (non-hydrogen) atoms. The first-order chi connectivity index (χ1) is 10.8. The van der Waals surface area contributed by atoms with E-state index in [9.17, 15) is 0 Å². The van der Waals surface area contributed by atoms with Crippen molar-refractivity contribution in [3.8, 4) is 0 Å². The van der Waals surface area contributed by atoms with E-state index < -0.39 is 0 Å². The van der Waals surface area contributed by atoms with Crippen LogP contribution in [-0.4, -0.2) is 67.4 Å². The average Bonchev–Trinajstić information content (AvgIpc) is 3.00. The summed E-state index contributed by atoms with van der Waals surface area (Å²) in [4.78, 5) is 14.3. The molecule has 3 aliphatic heterocycles. The molecule has 0 aliphatic carbocycles. The van der Waals surface area contributed by atoms with Gasteiger partial charge in [0.05, 0.1) is 37.5 Å². The SMILES string of the molecule is CCN1CCC2(COCc3cnc(N4CCOCC4)nc32)C1. The largest absolute Gasteiger partial charge is 0.378 e. The fraction of sp³-hybridized carbons (Fsp3) is 0.750. The minimum absolute atomic E-state index is 0.0631. The van der Waals surface area contributed by atoms with Crippen molar-refractivity contribution in [2.45, 2.75) is 25.4 Å². The van der Waals surface area contributed by atoms with E-state index in [0.29, 0.717) is 6.61 Å². The zero-order valence-electron chi connectivity index (χ0n) is 13.3. The van der Waals surface area contributed by atoms with Gasteiger partial charge in [-0.25, -0.2) is 9.97 Å². The van der Waals surface area contributed by atoms with Crippen molar-refractivity contribution in [2.24, 2.45) is 0 Å². The number of hydrogen-bond acceptors (Lipinski definition) is 6. The Morgan fingerprint density at radius 3 is 2.86 bits per heavy atom. The van der Waals surface area contributed by atoms with E-state index in [0.717, 1.165) is 64.9 Å². The molecule has 120 valence electrons. The zero-order chi connectivity index (χ0) is 15.0. The molecule has 0 bridgehead atoms. The van der Waals surface area contributed by atoms with Crippen molar-refractivity contribution in [3.63, 3.8) is 0 Å². The number of rotatable bonds is 2. The van der Waals surface area contributed by atoms with Crippen LogP contribution in [0.5, 0.6) is 0 Å². The fourth-order valence-electron chi connectivity index (χ4n) is 3.84. The maximum Gasteiger partial charge on any atom is 0.225 e. The van der Waals surface area contributed by atoms with Crippen molar-refractivity contribution in [1.82, 2.24) is 14.9 Å². The van der Waals surface area contributed by atoms with Crippen molar-refractivity contribution in [1.29, 1.82) is 0 Å². The van der Waals surface area contributed by atoms with Gasteiger partial charge in [-0.2, -0.15) is 0 Å². The molecular weight excluding hydrogens is 280 g/mol. The third-order valence-corrected chi connectivity index (χ3v) is 5.16. The molecule has 3 aliphatic rings. The van der Waals surface area contributed by atoms with Crippen molar-refractivity contribution < 1.29 is 9.47 Å². The molecule has 0 amide bonds. The van der Waals surface area contributed by atoms with Gasteiger partial charge in [-0.1, -0.05) is 6.92 Å². The molecule has 6 heteroatoms. The van der Waals surface area contributed by atoms with E-state index in [4.69, 9.17) is 14.5 Å². The number of ether oxygens (including phenoxy) is 2. The van der Waals surface area contributed by atoms with Gasteiger partial charge in [-0.05, 0) is 19.5 Å². The lowest BCUT2D eigenvalue weighted by atomic mass is 9.80. The molecular formula is C16H24N4O2. The molecule has 1 aromatic heterocycles. The third kappa shape index (κ3) is 2.39. The van der Waals surface area contributed by atoms with E-state index >= 15 is 0 Å². The number of likely N-dealkylation sites (tertiary alicyclic amines) is 1. The van der Waals surface area contributed by atoms with Crippen molar-refractivity contribution >= 4 is 5.95 Å². The Bertz CT molecular complexity index is 547. The molecule has 4 rings (SSSR count). The van der Waals surface area contributed by atoms with Crippen LogP contribution >= 0.6 is 0 Å². The molecule has 1 spiro atoms. The van der Waals surface area contributed by atoms with Gasteiger partial charge < -0.3 is 19.3 Å². The summed E-state index contributed by atoms with van der Waals surface area (Å²) in [6.07, 6.45) is 3.11. The summed E-state index contributed by atoms with van der Waals surface area (Å²) in [5, 5.41) is 0. The highest BCUT2D eigenvalue weighted by Crippen LogP contribution is 2.39. The summed E-state index contributed by atoms with van der Waals surface area (Å²) >= 11 is 0. The predicted molar refractivity (Wildman–Crippen MR) is 83.1 cm³/mol. The molecule has 2 saturated heterocycles. The van der Waals surface area contributed by atoms with Gasteiger partial charge in [0.2, 0.25) is 5.95 Å². The Labute approximate surface area is 131 Å². The number of fused-ring (bicyclic) bond motifs is 2. The van der Waals surface area contributed by atoms with Crippen LogP contribution in [0.4, 0.5) is 5.95 Å². The second kappa shape index (κ2) is 5.76. The van der Waals surface area contributed by atoms with Crippen LogP contribution in [0, 0.1) is 0 Å². The maximum absolute atomic E-state index is 5.87. The number of morpholine rings is 1. The van der Waals surface area contributed by atoms with Crippen molar-refractivity contribution in [3.05, 3.63) is 17.5 Å². The van der Waals surface area contributed by atoms with Crippen LogP contribution in [0.15, 0.2) is 6.20 Å². The molecule has 0 radical (unpaired) electrons. The Morgan fingerprint density at radius 1 is 1.23 bits per heavy atom. The normalized spacial score (nSPS) is 29.0. The second-order valence-electron chi connectivity index (χ2n) is 6.54. The first kappa shape index (κ1) is 14.4. The minimum Gasteiger partial charge on any atom is -0.378 e. The van der Waals surface area contributed by atoms with Crippen LogP contribution in [0.25, 0.3) is 0 Å². The fourth-order valence-corrected chi connectivity index (χ4v) is 3.84. The lowest BCUT2D eigenvalue weighted by Crippen LogP contribution is -2.42. The van der Waals surface area contributed by atoms with Crippen LogP contribution in [-0.2, 0) is 21.5 Å². The van der Waals surface area contributed by atoms with Gasteiger partial charge >= 0.3 is 0 Å². The summed E-state index contributed by atoms with van der Waals surface area (Å²) < 4.78 is 11.3. The quantitative estimate of drug-likeness (QED) is 0.806. The topological polar surface area (TPSA) is 50.7 Å². The predicted octanol–water partition coefficient (Wildman–Crippen LogP) is 0.807. The van der Waals surface area contributed by atoms with Gasteiger partial charge in [-0.15, -0.1) is 0 Å². The first-order valence-electron chi connectivity index (χ1n) is 8.30. The van der Waals surface area contributed by atoms with Crippen molar-refractivity contribution in [2.75, 3.05) is 57.4 Å². The summed E-state index contributed by atoms with van der Waals surface area (Å²) in [5.74, 6) is 0.860. The van der Waals surface area contributed by atoms with E-state index in [1.165, 1.54) is 11.3 Å². The Kier molecular flexibility index (Phi) is 3.76. The monoisotopic (exact) mass is 304 g/mol. The Balaban J connectivity index is 1.67. The van der Waals surface area contributed by atoms with E-state index in [-0.39, 0.29) is 5.41 Å². The van der Waals surface area contributed by atoms with Crippen LogP contribution < -0.4 is 4.90 Å². The summed E-state index contributed by atoms with van der Waals surface area (Å²) in [6.45, 7) is 10.2. The van der Waals surface area contributed by atoms with Crippen LogP contribution in [0.2, 0.25) is 0 Å². The summed E-state index contributed by atoms with van der Waals surface area (Å²) in [5.41, 5.74) is 2.46. The van der Waals surface area contributed by atoms with E-state index in [2.05, 4.69) is 21.7 Å². The number of aromatic nitrogens is 2. The van der Waals surface area contributed by atoms with Gasteiger partial charge in [0, 0.05) is 31.4 Å². The summed E-state index contributed by atoms with van der Waals surface area (Å²) in [7, 11) is 0. The smallest absolute Gasteiger partial charge is 0.225 e. The number of hydrogen-bond donors (Lipinski definition) is 0. The molecule has 1 unspecified atom stereocenters. The minimum atomic E-state index is 0.0631. The van der Waals surface area contributed by atoms with Gasteiger partial charge in [0.25, 0.3) is 0 Å². The third-order valence-electron chi connectivity index (χ3n) is 5.16. The number of likely N-dealkylation sites (N-methyl/N-ethyl adjacent to an activating group) is 1. The number of anilines is 1. The molecule has 1 aromatic rings. The second-order valence-corrected chi connectivity index (χ2v) is 6.54. The molecule has 6 nitrogen and oxygen atoms in total. The lowest BCUT2D eigenvalue weighted by Gasteiger charge is -2.35. The van der Waals surface area contributed by atoms with Gasteiger partial charge in [0.1, 0.15) is 0 Å². The maximum atomic E-state index is 5.87. The molecule has 0 aromatic carbocycles. The Morgan fingerprint density at radius 2 is 2.09 bits per heavy atom. The van der Waals surface area contributed by atoms with Gasteiger partial charge in [0.15, 0.2) is 0 Å². The average molecular weight is 304 g/mol. The molecule has 1 atom stereocenters. The molecule has 4 heterocycles. The lowest BCUT2D eigenvalue weighted by molar-refractivity contribution is 0.0507. The Hall–Kier alpha value is -1.24. The number of nitrogens with zero attached hydrogens (tertiary/aromatic N) is 4. The molecule has 0 saturated carbocycles. The molecule has 0 N–H and O–H groups in total. The zero-order valence-corrected chi connectivity index (χ0v) is 13.3. The first-order valence-corrected chi connectivity index (χ1v) is 8.30. The molecule has 2 fully saturated rings. The highest BCUT2D eigenvalue weighted by atomic mass is 16.5. The van der Waals surface area contributed by atoms with Crippen LogP contribution in [0.1, 0.15) is 24.6 Å². The van der Waals surface area contributed by atoms with Gasteiger partial charge in [-0.3, -0.25) is 0 Å². The standard InChI is InChI=1S/C16H24N4O2/c1-2-19-4-3-16(11-19)12-22-10-13-9-17-15(18-14(13)16)20-5-7-21-8-6-20/h9H,2-8,10-12H2,1H3. The highest BCUT2D eigenvalue weighted by molar-refractivity contribution is 5.38.